The fourth-order valence-corrected chi connectivity index (χ4v) is 0.878. The van der Waals surface area contributed by atoms with E-state index in [1.807, 2.05) is 7.05 Å². The van der Waals surface area contributed by atoms with Crippen molar-refractivity contribution in [2.45, 2.75) is 6.61 Å². The van der Waals surface area contributed by atoms with Crippen LogP contribution in [0.3, 0.4) is 0 Å². The normalized spacial score (nSPS) is 10.1. The number of hydrogen-bond acceptors (Lipinski definition) is 2. The molecule has 4 heteroatoms. The highest BCUT2D eigenvalue weighted by Crippen LogP contribution is 2.09. The molecule has 0 amide bonds. The molecule has 0 aromatic carbocycles. The Morgan fingerprint density at radius 3 is 2.78 bits per heavy atom. The van der Waals surface area contributed by atoms with Crippen molar-refractivity contribution in [2.24, 2.45) is 7.05 Å². The molecule has 0 fully saturated rings. The van der Waals surface area contributed by atoms with Gasteiger partial charge in [0, 0.05) is 7.05 Å². The number of rotatable bonds is 1. The van der Waals surface area contributed by atoms with Crippen molar-refractivity contribution >= 4 is 15.9 Å². The summed E-state index contributed by atoms with van der Waals surface area (Å²) in [7, 11) is 1.84. The average molecular weight is 191 g/mol. The van der Waals surface area contributed by atoms with Crippen molar-refractivity contribution in [1.29, 1.82) is 0 Å². The summed E-state index contributed by atoms with van der Waals surface area (Å²) < 4.78 is 2.66. The Morgan fingerprint density at radius 1 is 1.89 bits per heavy atom. The zero-order valence-corrected chi connectivity index (χ0v) is 6.59. The average Bonchev–Trinajstić information content (AvgIpc) is 2.15. The predicted octanol–water partition coefficient (Wildman–Crippen LogP) is 0.675. The molecule has 0 saturated heterocycles. The van der Waals surface area contributed by atoms with Crippen LogP contribution >= 0.6 is 15.9 Å². The smallest absolute Gasteiger partial charge is 0.135 e. The maximum atomic E-state index is 8.63. The summed E-state index contributed by atoms with van der Waals surface area (Å²) >= 11 is 3.25. The van der Waals surface area contributed by atoms with E-state index in [-0.39, 0.29) is 6.61 Å². The summed E-state index contributed by atoms with van der Waals surface area (Å²) in [6.07, 6.45) is 1.66. The summed E-state index contributed by atoms with van der Waals surface area (Å²) in [4.78, 5) is 3.90. The first-order valence-corrected chi connectivity index (χ1v) is 3.32. The number of imidazole rings is 1. The van der Waals surface area contributed by atoms with E-state index in [4.69, 9.17) is 5.11 Å². The fraction of sp³-hybridized carbons (Fsp3) is 0.400. The van der Waals surface area contributed by atoms with Crippen molar-refractivity contribution < 1.29 is 5.11 Å². The topological polar surface area (TPSA) is 38.0 Å². The first kappa shape index (κ1) is 6.77. The first-order valence-electron chi connectivity index (χ1n) is 2.52. The highest BCUT2D eigenvalue weighted by atomic mass is 79.9. The standard InChI is InChI=1S/C5H7BrN2O/c1-8-4(6)2-7-5(8)3-9/h2,9H,3H2,1H3. The van der Waals surface area contributed by atoms with Gasteiger partial charge in [-0.05, 0) is 15.9 Å². The molecule has 0 aliphatic carbocycles. The van der Waals surface area contributed by atoms with Gasteiger partial charge >= 0.3 is 0 Å². The van der Waals surface area contributed by atoms with E-state index in [0.717, 1.165) is 4.60 Å². The van der Waals surface area contributed by atoms with Gasteiger partial charge in [-0.15, -0.1) is 0 Å². The van der Waals surface area contributed by atoms with Crippen molar-refractivity contribution in [2.75, 3.05) is 0 Å². The quantitative estimate of drug-likeness (QED) is 0.708. The van der Waals surface area contributed by atoms with Crippen LogP contribution < -0.4 is 0 Å². The second kappa shape index (κ2) is 2.49. The lowest BCUT2D eigenvalue weighted by molar-refractivity contribution is 0.267. The van der Waals surface area contributed by atoms with Crippen LogP contribution in [0.2, 0.25) is 0 Å². The molecule has 1 N–H and O–H groups in total. The van der Waals surface area contributed by atoms with E-state index >= 15 is 0 Å². The summed E-state index contributed by atoms with van der Waals surface area (Å²) in [5.41, 5.74) is 0. The molecule has 0 spiro atoms. The molecule has 1 rings (SSSR count). The third-order valence-corrected chi connectivity index (χ3v) is 1.91. The molecule has 1 aromatic rings. The van der Waals surface area contributed by atoms with Crippen LogP contribution in [0.25, 0.3) is 0 Å². The monoisotopic (exact) mass is 190 g/mol. The van der Waals surface area contributed by atoms with E-state index in [1.54, 1.807) is 10.8 Å². The van der Waals surface area contributed by atoms with Gasteiger partial charge in [0.05, 0.1) is 6.20 Å². The Bertz CT molecular complexity index is 209. The summed E-state index contributed by atoms with van der Waals surface area (Å²) in [6.45, 7) is -0.0118. The maximum absolute atomic E-state index is 8.63. The molecule has 0 unspecified atom stereocenters. The second-order valence-corrected chi connectivity index (χ2v) is 2.53. The van der Waals surface area contributed by atoms with Crippen LogP contribution in [0, 0.1) is 0 Å². The lowest BCUT2D eigenvalue weighted by Crippen LogP contribution is -1.96. The van der Waals surface area contributed by atoms with Crippen LogP contribution in [-0.4, -0.2) is 14.7 Å². The maximum Gasteiger partial charge on any atom is 0.135 e. The fourth-order valence-electron chi connectivity index (χ4n) is 0.571. The van der Waals surface area contributed by atoms with Crippen LogP contribution in [0.5, 0.6) is 0 Å². The van der Waals surface area contributed by atoms with Crippen LogP contribution in [0.15, 0.2) is 10.8 Å². The van der Waals surface area contributed by atoms with Gasteiger partial charge in [0.1, 0.15) is 17.0 Å². The van der Waals surface area contributed by atoms with Crippen molar-refractivity contribution in [3.8, 4) is 0 Å². The van der Waals surface area contributed by atoms with Gasteiger partial charge in [0.15, 0.2) is 0 Å². The Kier molecular flexibility index (Phi) is 1.87. The second-order valence-electron chi connectivity index (χ2n) is 1.71. The Balaban J connectivity index is 3.04. The van der Waals surface area contributed by atoms with Crippen molar-refractivity contribution in [1.82, 2.24) is 9.55 Å². The molecule has 1 aromatic heterocycles. The third-order valence-electron chi connectivity index (χ3n) is 1.17. The molecule has 0 aliphatic heterocycles. The Hall–Kier alpha value is -0.350. The highest BCUT2D eigenvalue weighted by molar-refractivity contribution is 9.10. The van der Waals surface area contributed by atoms with Crippen LogP contribution in [-0.2, 0) is 13.7 Å². The molecular formula is C5H7BrN2O. The van der Waals surface area contributed by atoms with E-state index in [9.17, 15) is 0 Å². The van der Waals surface area contributed by atoms with Gasteiger partial charge in [-0.25, -0.2) is 4.98 Å². The first-order chi connectivity index (χ1) is 4.25. The molecular weight excluding hydrogens is 184 g/mol. The number of aromatic nitrogens is 2. The van der Waals surface area contributed by atoms with Crippen molar-refractivity contribution in [3.63, 3.8) is 0 Å². The summed E-state index contributed by atoms with van der Waals surface area (Å²) in [5, 5.41) is 8.63. The van der Waals surface area contributed by atoms with Crippen LogP contribution in [0.1, 0.15) is 5.82 Å². The number of aliphatic hydroxyl groups excluding tert-OH is 1. The molecule has 9 heavy (non-hydrogen) atoms. The number of nitrogens with zero attached hydrogens (tertiary/aromatic N) is 2. The SMILES string of the molecule is Cn1c(Br)cnc1CO. The Morgan fingerprint density at radius 2 is 2.56 bits per heavy atom. The lowest BCUT2D eigenvalue weighted by Gasteiger charge is -1.95. The third kappa shape index (κ3) is 1.14. The zero-order valence-electron chi connectivity index (χ0n) is 5.00. The van der Waals surface area contributed by atoms with Crippen molar-refractivity contribution in [3.05, 3.63) is 16.6 Å². The van der Waals surface area contributed by atoms with E-state index in [2.05, 4.69) is 20.9 Å². The molecule has 3 nitrogen and oxygen atoms in total. The molecule has 0 saturated carbocycles. The predicted molar refractivity (Wildman–Crippen MR) is 36.8 cm³/mol. The zero-order chi connectivity index (χ0) is 6.85. The van der Waals surface area contributed by atoms with E-state index < -0.39 is 0 Å². The molecule has 0 radical (unpaired) electrons. The van der Waals surface area contributed by atoms with Crippen LogP contribution in [0.4, 0.5) is 0 Å². The van der Waals surface area contributed by atoms with Gasteiger partial charge in [0.2, 0.25) is 0 Å². The molecule has 50 valence electrons. The Labute approximate surface area is 61.5 Å². The largest absolute Gasteiger partial charge is 0.388 e. The number of hydrogen-bond donors (Lipinski definition) is 1. The van der Waals surface area contributed by atoms with E-state index in [1.165, 1.54) is 0 Å². The minimum atomic E-state index is -0.0118. The highest BCUT2D eigenvalue weighted by Gasteiger charge is 1.99. The molecule has 0 atom stereocenters. The molecule has 0 bridgehead atoms. The van der Waals surface area contributed by atoms with E-state index in [0.29, 0.717) is 5.82 Å². The molecule has 0 aliphatic rings. The van der Waals surface area contributed by atoms with Gasteiger partial charge in [-0.1, -0.05) is 0 Å². The number of halogens is 1. The molecule has 1 heterocycles. The van der Waals surface area contributed by atoms with Gasteiger partial charge < -0.3 is 9.67 Å². The minimum Gasteiger partial charge on any atom is -0.388 e. The number of aliphatic hydroxyl groups is 1. The summed E-state index contributed by atoms with van der Waals surface area (Å²) in [6, 6.07) is 0. The van der Waals surface area contributed by atoms with Gasteiger partial charge in [0.25, 0.3) is 0 Å². The van der Waals surface area contributed by atoms with Gasteiger partial charge in [-0.3, -0.25) is 0 Å². The minimum absolute atomic E-state index is 0.0118. The lowest BCUT2D eigenvalue weighted by atomic mass is 10.6. The van der Waals surface area contributed by atoms with Gasteiger partial charge in [-0.2, -0.15) is 0 Å². The summed E-state index contributed by atoms with van der Waals surface area (Å²) in [5.74, 6) is 0.668.